The molecule has 0 aliphatic heterocycles. The van der Waals surface area contributed by atoms with E-state index in [1.807, 2.05) is 61.5 Å². The van der Waals surface area contributed by atoms with Gasteiger partial charge in [-0.05, 0) is 31.2 Å². The molecular weight excluding hydrogens is 376 g/mol. The van der Waals surface area contributed by atoms with Crippen LogP contribution in [0.4, 0.5) is 0 Å². The highest BCUT2D eigenvalue weighted by Gasteiger charge is 2.17. The van der Waals surface area contributed by atoms with Gasteiger partial charge in [-0.15, -0.1) is 10.2 Å². The minimum atomic E-state index is 0.317. The lowest BCUT2D eigenvalue weighted by atomic mass is 10.2. The molecule has 0 N–H and O–H groups in total. The molecule has 0 fully saturated rings. The fourth-order valence-corrected chi connectivity index (χ4v) is 3.69. The number of fused-ring (bicyclic) bond motifs is 2. The third-order valence-electron chi connectivity index (χ3n) is 4.18. The Morgan fingerprint density at radius 3 is 2.61 bits per heavy atom. The van der Waals surface area contributed by atoms with Gasteiger partial charge in [-0.2, -0.15) is 9.61 Å². The number of rotatable bonds is 6. The van der Waals surface area contributed by atoms with Crippen molar-refractivity contribution in [3.05, 3.63) is 59.6 Å². The van der Waals surface area contributed by atoms with Gasteiger partial charge in [0.2, 0.25) is 10.8 Å². The summed E-state index contributed by atoms with van der Waals surface area (Å²) < 4.78 is 19.1. The van der Waals surface area contributed by atoms with Crippen LogP contribution in [0.1, 0.15) is 11.9 Å². The van der Waals surface area contributed by atoms with Gasteiger partial charge in [0.05, 0.1) is 6.61 Å². The fraction of sp³-hybridized carbons (Fsp3) is 0.150. The van der Waals surface area contributed by atoms with Crippen LogP contribution in [0.15, 0.2) is 59.0 Å². The standard InChI is InChI=1S/C20H16N4O3S/c1-2-25-15-9-5-6-10-16(15)26-12-18-23-24-19(21-22-20(24)28-18)17-11-13-7-3-4-8-14(13)27-17/h3-11H,2,12H2,1H3. The molecule has 5 rings (SSSR count). The van der Waals surface area contributed by atoms with E-state index in [4.69, 9.17) is 13.9 Å². The average molecular weight is 392 g/mol. The second kappa shape index (κ2) is 6.97. The lowest BCUT2D eigenvalue weighted by Crippen LogP contribution is -2.00. The zero-order valence-electron chi connectivity index (χ0n) is 15.0. The SMILES string of the molecule is CCOc1ccccc1OCc1nn2c(-c3cc4ccccc4o3)nnc2s1. The van der Waals surface area contributed by atoms with E-state index < -0.39 is 0 Å². The minimum Gasteiger partial charge on any atom is -0.490 e. The van der Waals surface area contributed by atoms with Gasteiger partial charge in [0.1, 0.15) is 12.2 Å². The molecule has 0 aliphatic rings. The van der Waals surface area contributed by atoms with Crippen LogP contribution >= 0.6 is 11.3 Å². The maximum absolute atomic E-state index is 5.91. The number of aromatic nitrogens is 4. The maximum Gasteiger partial charge on any atom is 0.235 e. The molecule has 0 aliphatic carbocycles. The first-order chi connectivity index (χ1) is 13.8. The Balaban J connectivity index is 1.42. The van der Waals surface area contributed by atoms with Gasteiger partial charge in [0, 0.05) is 5.39 Å². The summed E-state index contributed by atoms with van der Waals surface area (Å²) in [6.07, 6.45) is 0. The van der Waals surface area contributed by atoms with E-state index in [-0.39, 0.29) is 0 Å². The Labute approximate surface area is 164 Å². The van der Waals surface area contributed by atoms with E-state index in [9.17, 15) is 0 Å². The van der Waals surface area contributed by atoms with E-state index in [0.717, 1.165) is 21.7 Å². The summed E-state index contributed by atoms with van der Waals surface area (Å²) in [7, 11) is 0. The highest BCUT2D eigenvalue weighted by Crippen LogP contribution is 2.30. The van der Waals surface area contributed by atoms with Crippen molar-refractivity contribution in [2.75, 3.05) is 6.61 Å². The maximum atomic E-state index is 5.91. The van der Waals surface area contributed by atoms with Crippen molar-refractivity contribution in [1.82, 2.24) is 19.8 Å². The number of benzene rings is 2. The Morgan fingerprint density at radius 2 is 1.79 bits per heavy atom. The topological polar surface area (TPSA) is 74.7 Å². The number of hydrogen-bond donors (Lipinski definition) is 0. The summed E-state index contributed by atoms with van der Waals surface area (Å²) in [6.45, 7) is 2.84. The lowest BCUT2D eigenvalue weighted by molar-refractivity contribution is 0.268. The molecular formula is C20H16N4O3S. The molecule has 0 radical (unpaired) electrons. The number of furan rings is 1. The minimum absolute atomic E-state index is 0.317. The molecule has 0 bridgehead atoms. The van der Waals surface area contributed by atoms with Crippen molar-refractivity contribution in [3.63, 3.8) is 0 Å². The third kappa shape index (κ3) is 2.97. The molecule has 3 aromatic heterocycles. The number of hydrogen-bond acceptors (Lipinski definition) is 7. The quantitative estimate of drug-likeness (QED) is 0.421. The summed E-state index contributed by atoms with van der Waals surface area (Å²) >= 11 is 1.43. The lowest BCUT2D eigenvalue weighted by Gasteiger charge is -2.10. The Hall–Kier alpha value is -3.39. The molecule has 8 heteroatoms. The molecule has 2 aromatic carbocycles. The van der Waals surface area contributed by atoms with Crippen molar-refractivity contribution in [3.8, 4) is 23.1 Å². The molecule has 7 nitrogen and oxygen atoms in total. The molecule has 28 heavy (non-hydrogen) atoms. The summed E-state index contributed by atoms with van der Waals surface area (Å²) in [4.78, 5) is 0.687. The van der Waals surface area contributed by atoms with Gasteiger partial charge in [0.25, 0.3) is 0 Å². The van der Waals surface area contributed by atoms with Gasteiger partial charge < -0.3 is 13.9 Å². The smallest absolute Gasteiger partial charge is 0.235 e. The molecule has 0 saturated heterocycles. The first kappa shape index (κ1) is 16.8. The molecule has 0 spiro atoms. The van der Waals surface area contributed by atoms with Crippen LogP contribution in [0.5, 0.6) is 11.5 Å². The van der Waals surface area contributed by atoms with Crippen molar-refractivity contribution < 1.29 is 13.9 Å². The van der Waals surface area contributed by atoms with Crippen LogP contribution in [0, 0.1) is 0 Å². The third-order valence-corrected chi connectivity index (χ3v) is 5.05. The van der Waals surface area contributed by atoms with Gasteiger partial charge in [-0.25, -0.2) is 0 Å². The first-order valence-corrected chi connectivity index (χ1v) is 9.68. The number of ether oxygens (including phenoxy) is 2. The van der Waals surface area contributed by atoms with Crippen LogP contribution in [0.25, 0.3) is 27.5 Å². The van der Waals surface area contributed by atoms with Crippen molar-refractivity contribution in [2.24, 2.45) is 0 Å². The zero-order valence-corrected chi connectivity index (χ0v) is 15.8. The summed E-state index contributed by atoms with van der Waals surface area (Å²) in [6, 6.07) is 17.4. The summed E-state index contributed by atoms with van der Waals surface area (Å²) in [5, 5.41) is 14.8. The Kier molecular flexibility index (Phi) is 4.17. The van der Waals surface area contributed by atoms with E-state index >= 15 is 0 Å². The van der Waals surface area contributed by atoms with E-state index in [0.29, 0.717) is 35.5 Å². The van der Waals surface area contributed by atoms with E-state index in [1.54, 1.807) is 4.52 Å². The second-order valence-electron chi connectivity index (χ2n) is 6.03. The molecule has 140 valence electrons. The second-order valence-corrected chi connectivity index (χ2v) is 7.07. The largest absolute Gasteiger partial charge is 0.490 e. The number of para-hydroxylation sites is 3. The van der Waals surface area contributed by atoms with E-state index in [1.165, 1.54) is 11.3 Å². The average Bonchev–Trinajstić information content (AvgIpc) is 3.40. The molecule has 3 heterocycles. The van der Waals surface area contributed by atoms with Crippen LogP contribution in [0.3, 0.4) is 0 Å². The molecule has 0 saturated carbocycles. The van der Waals surface area contributed by atoms with Gasteiger partial charge in [-0.3, -0.25) is 0 Å². The molecule has 0 unspecified atom stereocenters. The van der Waals surface area contributed by atoms with E-state index in [2.05, 4.69) is 15.3 Å². The van der Waals surface area contributed by atoms with Crippen molar-refractivity contribution in [2.45, 2.75) is 13.5 Å². The predicted molar refractivity (Wildman–Crippen MR) is 106 cm³/mol. The highest BCUT2D eigenvalue weighted by atomic mass is 32.1. The molecule has 0 amide bonds. The Morgan fingerprint density at radius 1 is 1.00 bits per heavy atom. The monoisotopic (exact) mass is 392 g/mol. The normalized spacial score (nSPS) is 11.3. The van der Waals surface area contributed by atoms with Crippen LogP contribution < -0.4 is 9.47 Å². The Bertz CT molecular complexity index is 1220. The van der Waals surface area contributed by atoms with Crippen molar-refractivity contribution >= 4 is 27.3 Å². The van der Waals surface area contributed by atoms with Crippen LogP contribution in [0.2, 0.25) is 0 Å². The first-order valence-electron chi connectivity index (χ1n) is 8.86. The highest BCUT2D eigenvalue weighted by molar-refractivity contribution is 7.16. The zero-order chi connectivity index (χ0) is 18.9. The fourth-order valence-electron chi connectivity index (χ4n) is 2.94. The summed E-state index contributed by atoms with van der Waals surface area (Å²) in [5.41, 5.74) is 0.806. The number of nitrogens with zero attached hydrogens (tertiary/aromatic N) is 4. The van der Waals surface area contributed by atoms with Crippen LogP contribution in [-0.2, 0) is 6.61 Å². The molecule has 5 aromatic rings. The predicted octanol–water partition coefficient (Wildman–Crippen LogP) is 4.58. The van der Waals surface area contributed by atoms with Crippen LogP contribution in [-0.4, -0.2) is 26.4 Å². The van der Waals surface area contributed by atoms with Crippen molar-refractivity contribution in [1.29, 1.82) is 0 Å². The molecule has 0 atom stereocenters. The van der Waals surface area contributed by atoms with Gasteiger partial charge >= 0.3 is 0 Å². The summed E-state index contributed by atoms with van der Waals surface area (Å²) in [5.74, 6) is 2.61. The van der Waals surface area contributed by atoms with Gasteiger partial charge in [-0.1, -0.05) is 41.7 Å². The van der Waals surface area contributed by atoms with Gasteiger partial charge in [0.15, 0.2) is 22.3 Å².